The van der Waals surface area contributed by atoms with Gasteiger partial charge in [0.2, 0.25) is 5.43 Å². The van der Waals surface area contributed by atoms with Gasteiger partial charge in [0.1, 0.15) is 5.69 Å². The van der Waals surface area contributed by atoms with E-state index < -0.39 is 5.97 Å². The Bertz CT molecular complexity index is 773. The van der Waals surface area contributed by atoms with Crippen molar-refractivity contribution in [3.63, 3.8) is 0 Å². The summed E-state index contributed by atoms with van der Waals surface area (Å²) in [5.74, 6) is -0.657. The molecule has 3 rings (SSSR count). The highest BCUT2D eigenvalue weighted by Gasteiger charge is 2.27. The van der Waals surface area contributed by atoms with E-state index in [0.29, 0.717) is 17.3 Å². The molecule has 0 atom stereocenters. The average Bonchev–Trinajstić information content (AvgIpc) is 3.25. The summed E-state index contributed by atoms with van der Waals surface area (Å²) < 4.78 is 1.85. The molecule has 1 heterocycles. The molecule has 1 aliphatic rings. The Kier molecular flexibility index (Phi) is 3.27. The molecule has 0 saturated heterocycles. The fourth-order valence-electron chi connectivity index (χ4n) is 2.53. The van der Waals surface area contributed by atoms with Crippen molar-refractivity contribution in [2.75, 3.05) is 0 Å². The highest BCUT2D eigenvalue weighted by molar-refractivity contribution is 5.81. The number of fused-ring (bicyclic) bond motifs is 1. The van der Waals surface area contributed by atoms with Crippen molar-refractivity contribution < 1.29 is 9.90 Å². The first-order valence-corrected chi connectivity index (χ1v) is 7.24. The monoisotopic (exact) mass is 286 g/mol. The van der Waals surface area contributed by atoms with Crippen molar-refractivity contribution >= 4 is 16.9 Å². The van der Waals surface area contributed by atoms with Gasteiger partial charge < -0.3 is 5.11 Å². The van der Waals surface area contributed by atoms with E-state index >= 15 is 0 Å². The molecule has 0 aliphatic heterocycles. The first-order valence-electron chi connectivity index (χ1n) is 7.24. The molecule has 0 bridgehead atoms. The SMILES string of the molecule is CC(C)c1ccc2c(=O)c(CC(=O)O)nn(C3CC3)c2c1. The number of rotatable bonds is 4. The van der Waals surface area contributed by atoms with Gasteiger partial charge in [0.25, 0.3) is 0 Å². The first kappa shape index (κ1) is 13.8. The first-order chi connectivity index (χ1) is 9.97. The number of carboxylic acids is 1. The third kappa shape index (κ3) is 2.55. The summed E-state index contributed by atoms with van der Waals surface area (Å²) in [6.07, 6.45) is 1.74. The topological polar surface area (TPSA) is 72.2 Å². The maximum absolute atomic E-state index is 12.4. The Labute approximate surface area is 122 Å². The zero-order valence-corrected chi connectivity index (χ0v) is 12.2. The van der Waals surface area contributed by atoms with Gasteiger partial charge in [-0.1, -0.05) is 19.9 Å². The van der Waals surface area contributed by atoms with Crippen LogP contribution in [0, 0.1) is 0 Å². The minimum Gasteiger partial charge on any atom is -0.481 e. The number of benzene rings is 1. The Morgan fingerprint density at radius 2 is 2.14 bits per heavy atom. The Morgan fingerprint density at radius 3 is 2.71 bits per heavy atom. The molecule has 0 spiro atoms. The molecule has 1 aliphatic carbocycles. The van der Waals surface area contributed by atoms with Gasteiger partial charge in [-0.2, -0.15) is 5.10 Å². The molecule has 1 fully saturated rings. The van der Waals surface area contributed by atoms with Gasteiger partial charge in [-0.3, -0.25) is 14.3 Å². The van der Waals surface area contributed by atoms with Gasteiger partial charge in [0.05, 0.1) is 18.0 Å². The van der Waals surface area contributed by atoms with Crippen LogP contribution in [0.15, 0.2) is 23.0 Å². The van der Waals surface area contributed by atoms with E-state index in [9.17, 15) is 9.59 Å². The molecular weight excluding hydrogens is 268 g/mol. The van der Waals surface area contributed by atoms with Crippen LogP contribution in [-0.4, -0.2) is 20.9 Å². The Morgan fingerprint density at radius 1 is 1.43 bits per heavy atom. The molecule has 1 aromatic carbocycles. The summed E-state index contributed by atoms with van der Waals surface area (Å²) in [6.45, 7) is 4.21. The molecule has 5 nitrogen and oxygen atoms in total. The second kappa shape index (κ2) is 4.98. The van der Waals surface area contributed by atoms with Crippen LogP contribution in [0.5, 0.6) is 0 Å². The van der Waals surface area contributed by atoms with Crippen LogP contribution >= 0.6 is 0 Å². The quantitative estimate of drug-likeness (QED) is 0.937. The van der Waals surface area contributed by atoms with E-state index in [1.54, 1.807) is 6.07 Å². The molecule has 0 radical (unpaired) electrons. The van der Waals surface area contributed by atoms with Crippen molar-refractivity contribution in [2.45, 2.75) is 45.1 Å². The molecular formula is C16H18N2O3. The third-order valence-electron chi connectivity index (χ3n) is 3.88. The lowest BCUT2D eigenvalue weighted by atomic mass is 10.0. The average molecular weight is 286 g/mol. The van der Waals surface area contributed by atoms with Gasteiger partial charge in [0, 0.05) is 5.39 Å². The van der Waals surface area contributed by atoms with Crippen LogP contribution in [0.4, 0.5) is 0 Å². The van der Waals surface area contributed by atoms with Crippen molar-refractivity contribution in [1.82, 2.24) is 9.78 Å². The largest absolute Gasteiger partial charge is 0.481 e. The fraction of sp³-hybridized carbons (Fsp3) is 0.438. The number of hydrogen-bond acceptors (Lipinski definition) is 3. The molecule has 2 aromatic rings. The molecule has 1 N–H and O–H groups in total. The van der Waals surface area contributed by atoms with Crippen LogP contribution in [0.25, 0.3) is 10.9 Å². The standard InChI is InChI=1S/C16H18N2O3/c1-9(2)10-3-6-12-14(7-10)18(11-4-5-11)17-13(16(12)21)8-15(19)20/h3,6-7,9,11H,4-5,8H2,1-2H3,(H,19,20). The lowest BCUT2D eigenvalue weighted by molar-refractivity contribution is -0.136. The van der Waals surface area contributed by atoms with Crippen LogP contribution in [0.2, 0.25) is 0 Å². The lowest BCUT2D eigenvalue weighted by Crippen LogP contribution is -2.21. The van der Waals surface area contributed by atoms with Gasteiger partial charge in [-0.25, -0.2) is 0 Å². The summed E-state index contributed by atoms with van der Waals surface area (Å²) in [5.41, 5.74) is 1.84. The van der Waals surface area contributed by atoms with Crippen LogP contribution in [0.3, 0.4) is 0 Å². The van der Waals surface area contributed by atoms with Crippen LogP contribution < -0.4 is 5.43 Å². The molecule has 1 aromatic heterocycles. The van der Waals surface area contributed by atoms with Crippen molar-refractivity contribution in [3.8, 4) is 0 Å². The van der Waals surface area contributed by atoms with E-state index in [2.05, 4.69) is 18.9 Å². The predicted octanol–water partition coefficient (Wildman–Crippen LogP) is 2.48. The van der Waals surface area contributed by atoms with Gasteiger partial charge in [-0.05, 0) is 36.5 Å². The highest BCUT2D eigenvalue weighted by Crippen LogP contribution is 2.36. The maximum atomic E-state index is 12.4. The summed E-state index contributed by atoms with van der Waals surface area (Å²) in [6, 6.07) is 6.05. The summed E-state index contributed by atoms with van der Waals surface area (Å²) >= 11 is 0. The minimum atomic E-state index is -1.03. The van der Waals surface area contributed by atoms with E-state index in [1.807, 2.05) is 16.8 Å². The summed E-state index contributed by atoms with van der Waals surface area (Å²) in [4.78, 5) is 23.3. The number of nitrogens with zero attached hydrogens (tertiary/aromatic N) is 2. The summed E-state index contributed by atoms with van der Waals surface area (Å²) in [7, 11) is 0. The molecule has 5 heteroatoms. The molecule has 0 unspecified atom stereocenters. The van der Waals surface area contributed by atoms with Crippen molar-refractivity contribution in [1.29, 1.82) is 0 Å². The van der Waals surface area contributed by atoms with Crippen molar-refractivity contribution in [3.05, 3.63) is 39.7 Å². The maximum Gasteiger partial charge on any atom is 0.309 e. The second-order valence-corrected chi connectivity index (χ2v) is 5.95. The lowest BCUT2D eigenvalue weighted by Gasteiger charge is -2.13. The smallest absolute Gasteiger partial charge is 0.309 e. The number of hydrogen-bond donors (Lipinski definition) is 1. The zero-order chi connectivity index (χ0) is 15.1. The van der Waals surface area contributed by atoms with Gasteiger partial charge in [-0.15, -0.1) is 0 Å². The third-order valence-corrected chi connectivity index (χ3v) is 3.88. The van der Waals surface area contributed by atoms with E-state index in [1.165, 1.54) is 0 Å². The molecule has 0 amide bonds. The number of carbonyl (C=O) groups is 1. The van der Waals surface area contributed by atoms with E-state index in [4.69, 9.17) is 5.11 Å². The van der Waals surface area contributed by atoms with Gasteiger partial charge in [0.15, 0.2) is 0 Å². The summed E-state index contributed by atoms with van der Waals surface area (Å²) in [5, 5.41) is 13.8. The van der Waals surface area contributed by atoms with Gasteiger partial charge >= 0.3 is 5.97 Å². The number of carboxylic acid groups (broad SMARTS) is 1. The fourth-order valence-corrected chi connectivity index (χ4v) is 2.53. The second-order valence-electron chi connectivity index (χ2n) is 5.95. The predicted molar refractivity (Wildman–Crippen MR) is 79.7 cm³/mol. The molecule has 1 saturated carbocycles. The number of aromatic nitrogens is 2. The molecule has 21 heavy (non-hydrogen) atoms. The Balaban J connectivity index is 2.26. The van der Waals surface area contributed by atoms with E-state index in [-0.39, 0.29) is 17.5 Å². The Hall–Kier alpha value is -2.17. The highest BCUT2D eigenvalue weighted by atomic mass is 16.4. The zero-order valence-electron chi connectivity index (χ0n) is 12.2. The molecule has 110 valence electrons. The minimum absolute atomic E-state index is 0.124. The van der Waals surface area contributed by atoms with Crippen LogP contribution in [-0.2, 0) is 11.2 Å². The van der Waals surface area contributed by atoms with Crippen LogP contribution in [0.1, 0.15) is 49.9 Å². The normalized spacial score (nSPS) is 14.8. The number of aliphatic carboxylic acids is 1. The van der Waals surface area contributed by atoms with E-state index in [0.717, 1.165) is 23.9 Å². The van der Waals surface area contributed by atoms with Crippen molar-refractivity contribution in [2.24, 2.45) is 0 Å².